The number of nitrogens with one attached hydrogen (secondary N) is 1. The minimum Gasteiger partial charge on any atom is -0.458 e. The zero-order chi connectivity index (χ0) is 25.6. The summed E-state index contributed by atoms with van der Waals surface area (Å²) in [5, 5.41) is 14.7. The molecule has 0 aromatic carbocycles. The van der Waals surface area contributed by atoms with Crippen molar-refractivity contribution in [1.29, 1.82) is 0 Å². The third-order valence-corrected chi connectivity index (χ3v) is 5.63. The van der Waals surface area contributed by atoms with Crippen LogP contribution in [0.15, 0.2) is 0 Å². The van der Waals surface area contributed by atoms with Crippen molar-refractivity contribution in [2.24, 2.45) is 11.7 Å². The normalized spacial score (nSPS) is 30.5. The van der Waals surface area contributed by atoms with Crippen LogP contribution in [0, 0.1) is 5.92 Å². The Bertz CT molecular complexity index is 780. The fraction of sp³-hybridized carbons (Fsp3) is 0.870. The Morgan fingerprint density at radius 3 is 1.94 bits per heavy atom. The van der Waals surface area contributed by atoms with E-state index in [2.05, 4.69) is 5.32 Å². The van der Waals surface area contributed by atoms with Gasteiger partial charge in [0.1, 0.15) is 22.8 Å². The molecule has 2 aliphatic rings. The van der Waals surface area contributed by atoms with Gasteiger partial charge in [0.05, 0.1) is 5.60 Å². The van der Waals surface area contributed by atoms with Gasteiger partial charge in [0.2, 0.25) is 0 Å². The van der Waals surface area contributed by atoms with Crippen LogP contribution in [0.4, 0.5) is 4.79 Å². The number of ether oxygens (including phenoxy) is 3. The molecular weight excluding hydrogens is 430 g/mol. The monoisotopic (exact) mass is 471 g/mol. The number of rotatable bonds is 3. The van der Waals surface area contributed by atoms with Crippen molar-refractivity contribution in [2.45, 2.75) is 103 Å². The molecule has 4 unspecified atom stereocenters. The zero-order valence-electron chi connectivity index (χ0n) is 21.4. The number of fused-ring (bicyclic) bond motifs is 1. The quantitative estimate of drug-likeness (QED) is 0.410. The topological polar surface area (TPSA) is 140 Å². The van der Waals surface area contributed by atoms with E-state index in [0.717, 1.165) is 4.90 Å². The molecule has 2 fully saturated rings. The second-order valence-electron chi connectivity index (χ2n) is 12.0. The Kier molecular flexibility index (Phi) is 7.21. The lowest BCUT2D eigenvalue weighted by Gasteiger charge is -2.55. The highest BCUT2D eigenvalue weighted by Crippen LogP contribution is 2.47. The fourth-order valence-electron chi connectivity index (χ4n) is 4.50. The van der Waals surface area contributed by atoms with Crippen LogP contribution < -0.4 is 11.1 Å². The van der Waals surface area contributed by atoms with Gasteiger partial charge in [-0.2, -0.15) is 0 Å². The summed E-state index contributed by atoms with van der Waals surface area (Å²) in [6.07, 6.45) is -1.06. The van der Waals surface area contributed by atoms with Gasteiger partial charge in [-0.15, -0.1) is 0 Å². The van der Waals surface area contributed by atoms with E-state index >= 15 is 0 Å². The molecule has 0 saturated carbocycles. The fourth-order valence-corrected chi connectivity index (χ4v) is 4.50. The largest absolute Gasteiger partial charge is 0.458 e. The van der Waals surface area contributed by atoms with Crippen molar-refractivity contribution in [1.82, 2.24) is 10.2 Å². The molecule has 0 aromatic rings. The first-order chi connectivity index (χ1) is 14.8. The predicted octanol–water partition coefficient (Wildman–Crippen LogP) is 1.33. The van der Waals surface area contributed by atoms with Gasteiger partial charge in [-0.25, -0.2) is 14.4 Å². The molecule has 0 spiro atoms. The van der Waals surface area contributed by atoms with Gasteiger partial charge in [-0.05, 0) is 62.3 Å². The summed E-state index contributed by atoms with van der Waals surface area (Å²) in [5.74, 6) is -2.32. The Morgan fingerprint density at radius 2 is 1.48 bits per heavy atom. The van der Waals surface area contributed by atoms with Crippen molar-refractivity contribution >= 4 is 18.0 Å². The Balaban J connectivity index is 2.72. The molecule has 0 aliphatic carbocycles. The van der Waals surface area contributed by atoms with Gasteiger partial charge < -0.3 is 30.4 Å². The van der Waals surface area contributed by atoms with E-state index in [4.69, 9.17) is 19.9 Å². The minimum absolute atomic E-state index is 0.0343. The van der Waals surface area contributed by atoms with Crippen molar-refractivity contribution in [2.75, 3.05) is 19.6 Å². The van der Waals surface area contributed by atoms with Gasteiger partial charge in [0, 0.05) is 32.0 Å². The van der Waals surface area contributed by atoms with Crippen molar-refractivity contribution < 1.29 is 33.7 Å². The van der Waals surface area contributed by atoms with E-state index < -0.39 is 57.9 Å². The molecule has 0 bridgehead atoms. The lowest BCUT2D eigenvalue weighted by molar-refractivity contribution is -0.201. The summed E-state index contributed by atoms with van der Waals surface area (Å²) < 4.78 is 16.9. The van der Waals surface area contributed by atoms with Gasteiger partial charge in [0.15, 0.2) is 5.54 Å². The Morgan fingerprint density at radius 1 is 0.970 bits per heavy atom. The smallest absolute Gasteiger partial charge is 0.412 e. The lowest BCUT2D eigenvalue weighted by atomic mass is 9.66. The molecule has 1 amide bonds. The zero-order valence-corrected chi connectivity index (χ0v) is 21.4. The lowest BCUT2D eigenvalue weighted by Crippen LogP contribution is -2.77. The van der Waals surface area contributed by atoms with Crippen LogP contribution in [0.25, 0.3) is 0 Å². The summed E-state index contributed by atoms with van der Waals surface area (Å²) in [6, 6.07) is -1.31. The highest BCUT2D eigenvalue weighted by molar-refractivity contribution is 5.92. The first-order valence-corrected chi connectivity index (χ1v) is 11.4. The summed E-state index contributed by atoms with van der Waals surface area (Å²) in [7, 11) is 0. The van der Waals surface area contributed by atoms with E-state index in [-0.39, 0.29) is 26.1 Å². The summed E-state index contributed by atoms with van der Waals surface area (Å²) in [4.78, 5) is 41.8. The number of hydrogen-bond donors (Lipinski definition) is 3. The highest BCUT2D eigenvalue weighted by atomic mass is 16.6. The molecule has 10 heteroatoms. The molecule has 0 aromatic heterocycles. The van der Waals surface area contributed by atoms with E-state index in [0.29, 0.717) is 0 Å². The third kappa shape index (κ3) is 5.78. The number of amides is 1. The maximum absolute atomic E-state index is 13.7. The van der Waals surface area contributed by atoms with Gasteiger partial charge in [-0.3, -0.25) is 4.90 Å². The summed E-state index contributed by atoms with van der Waals surface area (Å²) in [6.45, 7) is 15.2. The van der Waals surface area contributed by atoms with Gasteiger partial charge in [-0.1, -0.05) is 0 Å². The van der Waals surface area contributed by atoms with E-state index in [9.17, 15) is 19.5 Å². The number of carbonyl (C=O) groups is 3. The molecule has 0 radical (unpaired) electrons. The van der Waals surface area contributed by atoms with Crippen molar-refractivity contribution in [3.63, 3.8) is 0 Å². The van der Waals surface area contributed by atoms with Crippen LogP contribution in [0.2, 0.25) is 0 Å². The number of likely N-dealkylation sites (tertiary alicyclic amines) is 1. The van der Waals surface area contributed by atoms with Crippen LogP contribution in [-0.2, 0) is 23.8 Å². The number of aliphatic hydroxyl groups is 1. The molecule has 190 valence electrons. The van der Waals surface area contributed by atoms with Crippen LogP contribution in [-0.4, -0.2) is 81.7 Å². The van der Waals surface area contributed by atoms with Crippen molar-refractivity contribution in [3.8, 4) is 0 Å². The number of carbonyl (C=O) groups excluding carboxylic acids is 3. The number of esters is 2. The maximum atomic E-state index is 13.7. The third-order valence-electron chi connectivity index (χ3n) is 5.63. The Hall–Kier alpha value is -1.91. The van der Waals surface area contributed by atoms with Crippen LogP contribution in [0.5, 0.6) is 0 Å². The average molecular weight is 472 g/mol. The van der Waals surface area contributed by atoms with Crippen LogP contribution >= 0.6 is 0 Å². The first-order valence-electron chi connectivity index (χ1n) is 11.4. The molecule has 2 aliphatic heterocycles. The molecular formula is C23H41N3O7. The van der Waals surface area contributed by atoms with E-state index in [1.54, 1.807) is 62.3 Å². The minimum atomic E-state index is -1.72. The molecule has 2 rings (SSSR count). The second-order valence-corrected chi connectivity index (χ2v) is 12.0. The first kappa shape index (κ1) is 27.3. The summed E-state index contributed by atoms with van der Waals surface area (Å²) >= 11 is 0. The SMILES string of the molecule is CC(C)(C)OC(=O)C1CC(O)(CN)C2CNCC2(C(=O)OC(C)(C)C)N1C(=O)OC(C)(C)C. The summed E-state index contributed by atoms with van der Waals surface area (Å²) in [5.41, 5.74) is 0.00130. The number of nitrogens with zero attached hydrogens (tertiary/aromatic N) is 1. The number of piperidine rings is 1. The van der Waals surface area contributed by atoms with E-state index in [1.807, 2.05) is 0 Å². The van der Waals surface area contributed by atoms with Gasteiger partial charge >= 0.3 is 18.0 Å². The van der Waals surface area contributed by atoms with Gasteiger partial charge in [0.25, 0.3) is 0 Å². The number of hydrogen-bond acceptors (Lipinski definition) is 9. The van der Waals surface area contributed by atoms with Crippen molar-refractivity contribution in [3.05, 3.63) is 0 Å². The molecule has 33 heavy (non-hydrogen) atoms. The molecule has 2 heterocycles. The second kappa shape index (κ2) is 8.70. The average Bonchev–Trinajstić information content (AvgIpc) is 3.04. The standard InChI is InChI=1S/C23H41N3O7/c1-19(2,3)31-16(27)14-10-22(30,12-24)15-11-25-13-23(15,17(28)32-20(4,5)6)26(14)18(29)33-21(7,8)9/h14-15,25,30H,10-13,24H2,1-9H3. The maximum Gasteiger partial charge on any atom is 0.412 e. The van der Waals surface area contributed by atoms with Crippen LogP contribution in [0.1, 0.15) is 68.7 Å². The van der Waals surface area contributed by atoms with Crippen LogP contribution in [0.3, 0.4) is 0 Å². The molecule has 4 N–H and O–H groups in total. The molecule has 4 atom stereocenters. The Labute approximate surface area is 196 Å². The molecule has 2 saturated heterocycles. The molecule has 10 nitrogen and oxygen atoms in total. The van der Waals surface area contributed by atoms with E-state index in [1.165, 1.54) is 0 Å². The number of nitrogens with two attached hydrogens (primary N) is 1. The highest BCUT2D eigenvalue weighted by Gasteiger charge is 2.69. The predicted molar refractivity (Wildman–Crippen MR) is 121 cm³/mol.